The van der Waals surface area contributed by atoms with Gasteiger partial charge in [0.2, 0.25) is 0 Å². The highest BCUT2D eigenvalue weighted by molar-refractivity contribution is 6.30. The molecule has 0 radical (unpaired) electrons. The van der Waals surface area contributed by atoms with E-state index in [4.69, 9.17) is 11.6 Å². The predicted octanol–water partition coefficient (Wildman–Crippen LogP) is 2.48. The van der Waals surface area contributed by atoms with Crippen LogP contribution in [0.5, 0.6) is 0 Å². The van der Waals surface area contributed by atoms with Crippen LogP contribution in [0.3, 0.4) is 0 Å². The van der Waals surface area contributed by atoms with E-state index >= 15 is 0 Å². The van der Waals surface area contributed by atoms with E-state index in [1.807, 2.05) is 14.0 Å². The Balaban J connectivity index is 2.57. The van der Waals surface area contributed by atoms with Gasteiger partial charge in [0.15, 0.2) is 0 Å². The number of aromatic nitrogens is 2. The fraction of sp³-hybridized carbons (Fsp3) is 0.727. The molecule has 1 heterocycles. The minimum Gasteiger partial charge on any atom is -0.393 e. The average molecular weight is 231 g/mol. The van der Waals surface area contributed by atoms with Gasteiger partial charge in [-0.25, -0.2) is 0 Å². The van der Waals surface area contributed by atoms with Crippen molar-refractivity contribution in [2.45, 2.75) is 45.6 Å². The van der Waals surface area contributed by atoms with Crippen LogP contribution in [0.2, 0.25) is 5.15 Å². The summed E-state index contributed by atoms with van der Waals surface area (Å²) in [7, 11) is 1.83. The Hall–Kier alpha value is -0.540. The molecule has 0 saturated heterocycles. The first-order valence-corrected chi connectivity index (χ1v) is 5.80. The summed E-state index contributed by atoms with van der Waals surface area (Å²) in [4.78, 5) is 0. The van der Waals surface area contributed by atoms with Crippen LogP contribution in [-0.2, 0) is 13.5 Å². The van der Waals surface area contributed by atoms with Gasteiger partial charge in [0.25, 0.3) is 0 Å². The van der Waals surface area contributed by atoms with E-state index in [0.29, 0.717) is 5.15 Å². The lowest BCUT2D eigenvalue weighted by molar-refractivity contribution is 0.154. The van der Waals surface area contributed by atoms with Crippen molar-refractivity contribution in [1.82, 2.24) is 9.78 Å². The second kappa shape index (κ2) is 5.52. The number of hydrogen-bond acceptors (Lipinski definition) is 2. The maximum Gasteiger partial charge on any atom is 0.130 e. The molecule has 0 fully saturated rings. The van der Waals surface area contributed by atoms with E-state index in [-0.39, 0.29) is 6.10 Å². The molecule has 1 N–H and O–H groups in total. The largest absolute Gasteiger partial charge is 0.393 e. The van der Waals surface area contributed by atoms with Gasteiger partial charge >= 0.3 is 0 Å². The predicted molar refractivity (Wildman–Crippen MR) is 62.2 cm³/mol. The summed E-state index contributed by atoms with van der Waals surface area (Å²) in [6, 6.07) is 0. The maximum atomic E-state index is 9.63. The third-order valence-electron chi connectivity index (χ3n) is 2.62. The molecule has 86 valence electrons. The number of nitrogens with zero attached hydrogens (tertiary/aromatic N) is 2. The molecule has 0 spiro atoms. The van der Waals surface area contributed by atoms with Crippen LogP contribution in [0.25, 0.3) is 0 Å². The second-order valence-electron chi connectivity index (χ2n) is 3.96. The van der Waals surface area contributed by atoms with Gasteiger partial charge in [-0.1, -0.05) is 24.9 Å². The molecule has 4 heteroatoms. The van der Waals surface area contributed by atoms with Gasteiger partial charge in [0.1, 0.15) is 5.15 Å². The monoisotopic (exact) mass is 230 g/mol. The molecule has 0 amide bonds. The van der Waals surface area contributed by atoms with Gasteiger partial charge < -0.3 is 5.11 Å². The normalized spacial score (nSPS) is 13.1. The van der Waals surface area contributed by atoms with E-state index < -0.39 is 0 Å². The Morgan fingerprint density at radius 1 is 1.47 bits per heavy atom. The fourth-order valence-electron chi connectivity index (χ4n) is 1.75. The summed E-state index contributed by atoms with van der Waals surface area (Å²) < 4.78 is 1.68. The van der Waals surface area contributed by atoms with Crippen molar-refractivity contribution in [1.29, 1.82) is 0 Å². The van der Waals surface area contributed by atoms with Crippen molar-refractivity contribution in [2.24, 2.45) is 7.05 Å². The average Bonchev–Trinajstić information content (AvgIpc) is 2.40. The van der Waals surface area contributed by atoms with Gasteiger partial charge in [-0.05, 0) is 26.2 Å². The first kappa shape index (κ1) is 12.5. The molecule has 0 aliphatic heterocycles. The Labute approximate surface area is 96.1 Å². The van der Waals surface area contributed by atoms with Crippen molar-refractivity contribution >= 4 is 11.6 Å². The Kier molecular flexibility index (Phi) is 4.61. The van der Waals surface area contributed by atoms with Gasteiger partial charge in [-0.15, -0.1) is 0 Å². The Morgan fingerprint density at radius 3 is 2.60 bits per heavy atom. The third kappa shape index (κ3) is 3.21. The Bertz CT molecular complexity index is 323. The van der Waals surface area contributed by atoms with Crippen LogP contribution in [0.1, 0.15) is 37.4 Å². The molecule has 1 aromatic rings. The molecule has 1 aromatic heterocycles. The molecule has 15 heavy (non-hydrogen) atoms. The van der Waals surface area contributed by atoms with Crippen LogP contribution >= 0.6 is 11.6 Å². The molecular formula is C11H19ClN2O. The first-order valence-electron chi connectivity index (χ1n) is 5.42. The highest BCUT2D eigenvalue weighted by atomic mass is 35.5. The van der Waals surface area contributed by atoms with E-state index in [0.717, 1.165) is 36.9 Å². The van der Waals surface area contributed by atoms with Gasteiger partial charge in [-0.3, -0.25) is 4.68 Å². The molecule has 1 unspecified atom stereocenters. The number of aliphatic hydroxyl groups is 1. The van der Waals surface area contributed by atoms with Crippen LogP contribution in [0.4, 0.5) is 0 Å². The fourth-order valence-corrected chi connectivity index (χ4v) is 2.02. The molecule has 0 saturated carbocycles. The number of aliphatic hydroxyl groups excluding tert-OH is 1. The van der Waals surface area contributed by atoms with E-state index in [1.54, 1.807) is 4.68 Å². The highest BCUT2D eigenvalue weighted by Gasteiger charge is 2.12. The van der Waals surface area contributed by atoms with Gasteiger partial charge in [-0.2, -0.15) is 5.10 Å². The smallest absolute Gasteiger partial charge is 0.130 e. The molecule has 0 bridgehead atoms. The molecule has 0 aliphatic carbocycles. The maximum absolute atomic E-state index is 9.63. The molecule has 3 nitrogen and oxygen atoms in total. The minimum atomic E-state index is -0.217. The highest BCUT2D eigenvalue weighted by Crippen LogP contribution is 2.21. The van der Waals surface area contributed by atoms with Crippen molar-refractivity contribution in [3.8, 4) is 0 Å². The van der Waals surface area contributed by atoms with Gasteiger partial charge in [0, 0.05) is 12.6 Å². The third-order valence-corrected chi connectivity index (χ3v) is 3.09. The first-order chi connectivity index (χ1) is 7.06. The zero-order chi connectivity index (χ0) is 11.4. The van der Waals surface area contributed by atoms with Crippen LogP contribution < -0.4 is 0 Å². The lowest BCUT2D eigenvalue weighted by atomic mass is 10.1. The van der Waals surface area contributed by atoms with E-state index in [1.165, 1.54) is 0 Å². The van der Waals surface area contributed by atoms with E-state index in [9.17, 15) is 5.11 Å². The quantitative estimate of drug-likeness (QED) is 0.844. The zero-order valence-corrected chi connectivity index (χ0v) is 10.4. The SMILES string of the molecule is CCCC(O)CCc1c(C)nn(C)c1Cl. The molecule has 0 aromatic carbocycles. The summed E-state index contributed by atoms with van der Waals surface area (Å²) in [5.41, 5.74) is 2.03. The van der Waals surface area contributed by atoms with Crippen molar-refractivity contribution < 1.29 is 5.11 Å². The molecular weight excluding hydrogens is 212 g/mol. The van der Waals surface area contributed by atoms with Gasteiger partial charge in [0.05, 0.1) is 11.8 Å². The van der Waals surface area contributed by atoms with Crippen molar-refractivity contribution in [2.75, 3.05) is 0 Å². The summed E-state index contributed by atoms with van der Waals surface area (Å²) in [6.45, 7) is 4.03. The zero-order valence-electron chi connectivity index (χ0n) is 9.63. The van der Waals surface area contributed by atoms with Crippen LogP contribution in [0, 0.1) is 6.92 Å². The lowest BCUT2D eigenvalue weighted by Crippen LogP contribution is -2.07. The number of hydrogen-bond donors (Lipinski definition) is 1. The second-order valence-corrected chi connectivity index (χ2v) is 4.32. The van der Waals surface area contributed by atoms with Crippen LogP contribution in [0.15, 0.2) is 0 Å². The summed E-state index contributed by atoms with van der Waals surface area (Å²) in [5, 5.41) is 14.6. The molecule has 1 atom stereocenters. The summed E-state index contributed by atoms with van der Waals surface area (Å²) in [6.07, 6.45) is 3.23. The summed E-state index contributed by atoms with van der Waals surface area (Å²) >= 11 is 6.09. The topological polar surface area (TPSA) is 38.1 Å². The van der Waals surface area contributed by atoms with Crippen molar-refractivity contribution in [3.63, 3.8) is 0 Å². The molecule has 0 aliphatic rings. The summed E-state index contributed by atoms with van der Waals surface area (Å²) in [5.74, 6) is 0. The molecule has 1 rings (SSSR count). The number of halogens is 1. The number of rotatable bonds is 5. The standard InChI is InChI=1S/C11H19ClN2O/c1-4-5-9(15)6-7-10-8(2)13-14(3)11(10)12/h9,15H,4-7H2,1-3H3. The lowest BCUT2D eigenvalue weighted by Gasteiger charge is -2.08. The van der Waals surface area contributed by atoms with E-state index in [2.05, 4.69) is 12.0 Å². The minimum absolute atomic E-state index is 0.217. The van der Waals surface area contributed by atoms with Crippen LogP contribution in [-0.4, -0.2) is 21.0 Å². The Morgan fingerprint density at radius 2 is 2.13 bits per heavy atom. The van der Waals surface area contributed by atoms with Crippen molar-refractivity contribution in [3.05, 3.63) is 16.4 Å². The number of aryl methyl sites for hydroxylation is 2.